The van der Waals surface area contributed by atoms with Crippen molar-refractivity contribution in [3.05, 3.63) is 86.1 Å². The Balaban J connectivity index is 1.63. The number of hydrogen-bond acceptors (Lipinski definition) is 4. The van der Waals surface area contributed by atoms with Crippen LogP contribution in [0.5, 0.6) is 0 Å². The zero-order chi connectivity index (χ0) is 23.8. The maximum atomic E-state index is 13.2. The van der Waals surface area contributed by atoms with Gasteiger partial charge in [-0.15, -0.1) is 11.3 Å². The van der Waals surface area contributed by atoms with Crippen molar-refractivity contribution in [2.75, 3.05) is 16.2 Å². The largest absolute Gasteiger partial charge is 0.321 e. The second kappa shape index (κ2) is 9.64. The van der Waals surface area contributed by atoms with Crippen LogP contribution in [-0.2, 0) is 10.0 Å². The molecule has 3 aromatic carbocycles. The van der Waals surface area contributed by atoms with Crippen molar-refractivity contribution >= 4 is 87.9 Å². The van der Waals surface area contributed by atoms with Crippen molar-refractivity contribution in [3.63, 3.8) is 0 Å². The minimum Gasteiger partial charge on any atom is -0.321 e. The minimum atomic E-state index is -3.73. The molecule has 0 saturated heterocycles. The van der Waals surface area contributed by atoms with Crippen LogP contribution in [0.15, 0.2) is 76.1 Å². The highest BCUT2D eigenvalue weighted by Gasteiger charge is 2.24. The summed E-state index contributed by atoms with van der Waals surface area (Å²) < 4.78 is 29.4. The van der Waals surface area contributed by atoms with Gasteiger partial charge in [-0.2, -0.15) is 0 Å². The van der Waals surface area contributed by atoms with Gasteiger partial charge in [-0.05, 0) is 79.0 Å². The molecule has 0 bridgehead atoms. The van der Waals surface area contributed by atoms with Gasteiger partial charge in [0.25, 0.3) is 15.9 Å². The van der Waals surface area contributed by atoms with Gasteiger partial charge in [-0.1, -0.05) is 39.1 Å². The lowest BCUT2D eigenvalue weighted by Gasteiger charge is -2.23. The van der Waals surface area contributed by atoms with Gasteiger partial charge >= 0.3 is 0 Å². The van der Waals surface area contributed by atoms with Gasteiger partial charge in [0.15, 0.2) is 0 Å². The number of nitrogens with zero attached hydrogens (tertiary/aromatic N) is 1. The summed E-state index contributed by atoms with van der Waals surface area (Å²) in [6.45, 7) is 2.04. The first-order valence-corrected chi connectivity index (χ1v) is 13.6. The number of sulfonamides is 1. The normalized spacial score (nSPS) is 11.5. The third-order valence-corrected chi connectivity index (χ3v) is 9.18. The lowest BCUT2D eigenvalue weighted by atomic mass is 10.2. The fraction of sp³-hybridized carbons (Fsp3) is 0.0870. The maximum Gasteiger partial charge on any atom is 0.265 e. The fourth-order valence-corrected chi connectivity index (χ4v) is 6.26. The molecule has 1 N–H and O–H groups in total. The highest BCUT2D eigenvalue weighted by Crippen LogP contribution is 2.33. The van der Waals surface area contributed by atoms with Crippen LogP contribution in [0.25, 0.3) is 10.1 Å². The van der Waals surface area contributed by atoms with E-state index in [4.69, 9.17) is 23.2 Å². The van der Waals surface area contributed by atoms with Crippen LogP contribution < -0.4 is 9.62 Å². The number of carbonyl (C=O) groups excluding carboxylic acids is 1. The second-order valence-corrected chi connectivity index (χ2v) is 11.7. The van der Waals surface area contributed by atoms with E-state index in [0.717, 1.165) is 14.6 Å². The molecular weight excluding hydrogens is 567 g/mol. The zero-order valence-corrected chi connectivity index (χ0v) is 21.9. The highest BCUT2D eigenvalue weighted by atomic mass is 79.9. The number of fused-ring (bicyclic) bond motifs is 1. The first-order valence-electron chi connectivity index (χ1n) is 9.77. The second-order valence-electron chi connectivity index (χ2n) is 7.04. The van der Waals surface area contributed by atoms with Gasteiger partial charge in [0.1, 0.15) is 0 Å². The third kappa shape index (κ3) is 5.05. The van der Waals surface area contributed by atoms with Gasteiger partial charge in [-0.25, -0.2) is 8.42 Å². The Bertz CT molecular complexity index is 1450. The molecule has 0 atom stereocenters. The molecule has 0 radical (unpaired) electrons. The van der Waals surface area contributed by atoms with Gasteiger partial charge in [-0.3, -0.25) is 9.10 Å². The number of carbonyl (C=O) groups is 1. The summed E-state index contributed by atoms with van der Waals surface area (Å²) in [5.41, 5.74) is 1.06. The van der Waals surface area contributed by atoms with Crippen LogP contribution in [0.2, 0.25) is 10.0 Å². The standard InChI is InChI=1S/C23H17BrCl2N2O3S2/c1-2-28(33(30,31)18-7-3-15(24)4-8-18)17-6-10-21-14(11-17)12-22(32-21)23(29)27-16-5-9-19(25)20(26)13-16/h3-13H,2H2,1H3,(H,27,29). The summed E-state index contributed by atoms with van der Waals surface area (Å²) in [6.07, 6.45) is 0. The molecule has 0 fully saturated rings. The molecule has 1 heterocycles. The average Bonchev–Trinajstić information content (AvgIpc) is 3.21. The molecule has 0 unspecified atom stereocenters. The first-order chi connectivity index (χ1) is 15.7. The Labute approximate surface area is 214 Å². The molecule has 33 heavy (non-hydrogen) atoms. The van der Waals surface area contributed by atoms with E-state index in [-0.39, 0.29) is 17.3 Å². The Morgan fingerprint density at radius 2 is 1.73 bits per heavy atom. The number of nitrogens with one attached hydrogen (secondary N) is 1. The van der Waals surface area contributed by atoms with Crippen LogP contribution in [0.1, 0.15) is 16.6 Å². The van der Waals surface area contributed by atoms with Gasteiger partial charge in [0.2, 0.25) is 0 Å². The lowest BCUT2D eigenvalue weighted by molar-refractivity contribution is 0.103. The van der Waals surface area contributed by atoms with Gasteiger partial charge in [0.05, 0.1) is 25.5 Å². The Morgan fingerprint density at radius 1 is 1.00 bits per heavy atom. The summed E-state index contributed by atoms with van der Waals surface area (Å²) in [7, 11) is -3.73. The van der Waals surface area contributed by atoms with Crippen LogP contribution in [0.4, 0.5) is 11.4 Å². The van der Waals surface area contributed by atoms with E-state index in [9.17, 15) is 13.2 Å². The van der Waals surface area contributed by atoms with E-state index >= 15 is 0 Å². The Hall–Kier alpha value is -2.10. The van der Waals surface area contributed by atoms with Crippen LogP contribution in [-0.4, -0.2) is 20.9 Å². The van der Waals surface area contributed by atoms with E-state index in [1.807, 2.05) is 6.07 Å². The molecule has 0 aliphatic rings. The predicted octanol–water partition coefficient (Wildman–Crippen LogP) is 7.44. The molecule has 4 aromatic rings. The molecule has 10 heteroatoms. The first kappa shape index (κ1) is 24.0. The minimum absolute atomic E-state index is 0.208. The van der Waals surface area contributed by atoms with E-state index in [0.29, 0.717) is 26.3 Å². The number of anilines is 2. The number of rotatable bonds is 6. The van der Waals surface area contributed by atoms with E-state index in [2.05, 4.69) is 21.2 Å². The molecule has 1 aromatic heterocycles. The Kier molecular flexibility index (Phi) is 7.02. The number of benzene rings is 3. The van der Waals surface area contributed by atoms with Gasteiger partial charge < -0.3 is 5.32 Å². The number of amides is 1. The SMILES string of the molecule is CCN(c1ccc2sc(C(=O)Nc3ccc(Cl)c(Cl)c3)cc2c1)S(=O)(=O)c1ccc(Br)cc1. The van der Waals surface area contributed by atoms with Crippen molar-refractivity contribution in [2.45, 2.75) is 11.8 Å². The molecule has 0 aliphatic heterocycles. The number of thiophene rings is 1. The predicted molar refractivity (Wildman–Crippen MR) is 141 cm³/mol. The maximum absolute atomic E-state index is 13.2. The zero-order valence-electron chi connectivity index (χ0n) is 17.2. The number of halogens is 3. The summed E-state index contributed by atoms with van der Waals surface area (Å²) in [4.78, 5) is 13.4. The van der Waals surface area contributed by atoms with Crippen LogP contribution >= 0.6 is 50.5 Å². The molecule has 0 saturated carbocycles. The molecular formula is C23H17BrCl2N2O3S2. The van der Waals surface area contributed by atoms with Gasteiger partial charge in [0, 0.05) is 21.4 Å². The summed E-state index contributed by atoms with van der Waals surface area (Å²) in [6, 6.07) is 18.5. The molecule has 0 spiro atoms. The summed E-state index contributed by atoms with van der Waals surface area (Å²) in [5, 5.41) is 4.34. The van der Waals surface area contributed by atoms with Crippen LogP contribution in [0, 0.1) is 0 Å². The summed E-state index contributed by atoms with van der Waals surface area (Å²) in [5.74, 6) is -0.286. The van der Waals surface area contributed by atoms with Crippen molar-refractivity contribution in [1.29, 1.82) is 0 Å². The van der Waals surface area contributed by atoms with Crippen molar-refractivity contribution in [2.24, 2.45) is 0 Å². The van der Waals surface area contributed by atoms with Crippen molar-refractivity contribution in [1.82, 2.24) is 0 Å². The molecule has 1 amide bonds. The van der Waals surface area contributed by atoms with Crippen LogP contribution in [0.3, 0.4) is 0 Å². The fourth-order valence-electron chi connectivity index (χ4n) is 3.29. The molecule has 0 aliphatic carbocycles. The summed E-state index contributed by atoms with van der Waals surface area (Å²) >= 11 is 16.6. The lowest BCUT2D eigenvalue weighted by Crippen LogP contribution is -2.30. The molecule has 5 nitrogen and oxygen atoms in total. The highest BCUT2D eigenvalue weighted by molar-refractivity contribution is 9.10. The molecule has 170 valence electrons. The van der Waals surface area contributed by atoms with E-state index in [1.165, 1.54) is 15.6 Å². The van der Waals surface area contributed by atoms with Crippen molar-refractivity contribution < 1.29 is 13.2 Å². The smallest absolute Gasteiger partial charge is 0.265 e. The van der Waals surface area contributed by atoms with E-state index < -0.39 is 10.0 Å². The topological polar surface area (TPSA) is 66.5 Å². The Morgan fingerprint density at radius 3 is 2.39 bits per heavy atom. The molecule has 4 rings (SSSR count). The quantitative estimate of drug-likeness (QED) is 0.256. The van der Waals surface area contributed by atoms with E-state index in [1.54, 1.807) is 67.6 Å². The van der Waals surface area contributed by atoms with Crippen molar-refractivity contribution in [3.8, 4) is 0 Å². The number of hydrogen-bond donors (Lipinski definition) is 1. The average molecular weight is 584 g/mol. The monoisotopic (exact) mass is 582 g/mol. The third-order valence-electron chi connectivity index (χ3n) is 4.88.